The van der Waals surface area contributed by atoms with E-state index in [0.717, 1.165) is 25.9 Å². The predicted molar refractivity (Wildman–Crippen MR) is 60.8 cm³/mol. The van der Waals surface area contributed by atoms with Gasteiger partial charge >= 0.3 is 6.18 Å². The van der Waals surface area contributed by atoms with Crippen LogP contribution in [0.5, 0.6) is 0 Å². The van der Waals surface area contributed by atoms with E-state index in [1.54, 1.807) is 0 Å². The van der Waals surface area contributed by atoms with Crippen LogP contribution >= 0.6 is 0 Å². The Morgan fingerprint density at radius 2 is 1.94 bits per heavy atom. The van der Waals surface area contributed by atoms with Gasteiger partial charge < -0.3 is 5.32 Å². The van der Waals surface area contributed by atoms with E-state index in [4.69, 9.17) is 0 Å². The summed E-state index contributed by atoms with van der Waals surface area (Å²) in [6, 6.07) is 0.811. The molecule has 3 unspecified atom stereocenters. The summed E-state index contributed by atoms with van der Waals surface area (Å²) in [4.78, 5) is 2.04. The smallest absolute Gasteiger partial charge is 0.313 e. The largest absolute Gasteiger partial charge is 0.393 e. The van der Waals surface area contributed by atoms with Crippen LogP contribution in [0.4, 0.5) is 13.2 Å². The van der Waals surface area contributed by atoms with Crippen LogP contribution in [0.15, 0.2) is 0 Å². The summed E-state index contributed by atoms with van der Waals surface area (Å²) in [5, 5.41) is 3.36. The summed E-state index contributed by atoms with van der Waals surface area (Å²) < 4.78 is 38.1. The molecule has 2 aliphatic rings. The van der Waals surface area contributed by atoms with E-state index in [9.17, 15) is 13.2 Å². The van der Waals surface area contributed by atoms with E-state index < -0.39 is 12.1 Å². The summed E-state index contributed by atoms with van der Waals surface area (Å²) in [5.74, 6) is -1.12. The first-order valence-corrected chi connectivity index (χ1v) is 6.51. The molecule has 0 aromatic rings. The molecule has 2 heterocycles. The minimum Gasteiger partial charge on any atom is -0.313 e. The van der Waals surface area contributed by atoms with Gasteiger partial charge in [0.05, 0.1) is 5.92 Å². The van der Waals surface area contributed by atoms with E-state index >= 15 is 0 Å². The Kier molecular flexibility index (Phi) is 3.98. The molecule has 0 aromatic heterocycles. The van der Waals surface area contributed by atoms with E-state index in [2.05, 4.69) is 12.2 Å². The zero-order valence-electron chi connectivity index (χ0n) is 10.3. The summed E-state index contributed by atoms with van der Waals surface area (Å²) in [6.45, 7) is 3.99. The molecule has 2 nitrogen and oxygen atoms in total. The van der Waals surface area contributed by atoms with Crippen LogP contribution in [-0.2, 0) is 0 Å². The zero-order chi connectivity index (χ0) is 12.5. The maximum absolute atomic E-state index is 12.7. The average molecular weight is 250 g/mol. The van der Waals surface area contributed by atoms with Crippen LogP contribution in [0.3, 0.4) is 0 Å². The van der Waals surface area contributed by atoms with Gasteiger partial charge in [0, 0.05) is 25.2 Å². The number of alkyl halides is 3. The molecule has 0 bridgehead atoms. The fraction of sp³-hybridized carbons (Fsp3) is 1.00. The van der Waals surface area contributed by atoms with Gasteiger partial charge in [0.1, 0.15) is 0 Å². The molecule has 2 aliphatic heterocycles. The highest BCUT2D eigenvalue weighted by Crippen LogP contribution is 2.34. The van der Waals surface area contributed by atoms with Crippen LogP contribution < -0.4 is 5.32 Å². The summed E-state index contributed by atoms with van der Waals surface area (Å²) in [7, 11) is 0. The topological polar surface area (TPSA) is 15.3 Å². The molecule has 1 N–H and O–H groups in total. The second-order valence-electron chi connectivity index (χ2n) is 5.42. The molecular weight excluding hydrogens is 229 g/mol. The van der Waals surface area contributed by atoms with Crippen LogP contribution in [0, 0.1) is 5.92 Å². The highest BCUT2D eigenvalue weighted by molar-refractivity contribution is 4.86. The maximum atomic E-state index is 12.7. The number of piperidine rings is 2. The quantitative estimate of drug-likeness (QED) is 0.768. The molecule has 2 saturated heterocycles. The van der Waals surface area contributed by atoms with Crippen molar-refractivity contribution in [1.82, 2.24) is 10.2 Å². The third-order valence-electron chi connectivity index (χ3n) is 4.07. The molecule has 2 fully saturated rings. The molecule has 0 amide bonds. The van der Waals surface area contributed by atoms with Crippen molar-refractivity contribution in [3.63, 3.8) is 0 Å². The fourth-order valence-electron chi connectivity index (χ4n) is 2.90. The van der Waals surface area contributed by atoms with Gasteiger partial charge in [-0.15, -0.1) is 0 Å². The van der Waals surface area contributed by atoms with Crippen molar-refractivity contribution in [2.24, 2.45) is 5.92 Å². The summed E-state index contributed by atoms with van der Waals surface area (Å²) in [6.07, 6.45) is -0.947. The minimum atomic E-state index is -4.02. The van der Waals surface area contributed by atoms with E-state index in [1.165, 1.54) is 0 Å². The monoisotopic (exact) mass is 250 g/mol. The van der Waals surface area contributed by atoms with Gasteiger partial charge in [-0.2, -0.15) is 13.2 Å². The number of nitrogens with one attached hydrogen (secondary N) is 1. The minimum absolute atomic E-state index is 0.199. The Morgan fingerprint density at radius 3 is 2.53 bits per heavy atom. The molecule has 0 spiro atoms. The summed E-state index contributed by atoms with van der Waals surface area (Å²) >= 11 is 0. The van der Waals surface area contributed by atoms with Crippen molar-refractivity contribution >= 4 is 0 Å². The van der Waals surface area contributed by atoms with E-state index in [-0.39, 0.29) is 6.54 Å². The Morgan fingerprint density at radius 1 is 1.18 bits per heavy atom. The number of likely N-dealkylation sites (tertiary alicyclic amines) is 1. The lowest BCUT2D eigenvalue weighted by atomic mass is 9.93. The molecular formula is C12H21F3N2. The standard InChI is InChI=1S/C12H21F3N2/c1-9-4-5-11(7-16-9)17-6-2-3-10(8-17)12(13,14)15/h9-11,16H,2-8H2,1H3. The second-order valence-corrected chi connectivity index (χ2v) is 5.42. The zero-order valence-corrected chi connectivity index (χ0v) is 10.3. The molecule has 100 valence electrons. The molecule has 0 saturated carbocycles. The first-order valence-electron chi connectivity index (χ1n) is 6.51. The normalized spacial score (nSPS) is 37.1. The first kappa shape index (κ1) is 13.1. The SMILES string of the molecule is CC1CCC(N2CCCC(C(F)(F)F)C2)CN1. The third kappa shape index (κ3) is 3.35. The van der Waals surface area contributed by atoms with Gasteiger partial charge in [-0.1, -0.05) is 0 Å². The number of nitrogens with zero attached hydrogens (tertiary/aromatic N) is 1. The van der Waals surface area contributed by atoms with Gasteiger partial charge in [0.2, 0.25) is 0 Å². The van der Waals surface area contributed by atoms with Crippen molar-refractivity contribution in [3.8, 4) is 0 Å². The number of halogens is 3. The van der Waals surface area contributed by atoms with Crippen molar-refractivity contribution in [3.05, 3.63) is 0 Å². The average Bonchev–Trinajstić information content (AvgIpc) is 2.29. The predicted octanol–water partition coefficient (Wildman–Crippen LogP) is 2.40. The Hall–Kier alpha value is -0.290. The molecule has 0 aromatic carbocycles. The van der Waals surface area contributed by atoms with Crippen LogP contribution in [0.2, 0.25) is 0 Å². The Bertz CT molecular complexity index is 247. The number of rotatable bonds is 1. The summed E-state index contributed by atoms with van der Waals surface area (Å²) in [5.41, 5.74) is 0. The third-order valence-corrected chi connectivity index (χ3v) is 4.07. The van der Waals surface area contributed by atoms with Crippen molar-refractivity contribution in [2.45, 2.75) is 50.9 Å². The van der Waals surface area contributed by atoms with Gasteiger partial charge in [-0.05, 0) is 39.2 Å². The van der Waals surface area contributed by atoms with Gasteiger partial charge in [-0.3, -0.25) is 4.90 Å². The van der Waals surface area contributed by atoms with Gasteiger partial charge in [0.25, 0.3) is 0 Å². The molecule has 0 aliphatic carbocycles. The molecule has 0 radical (unpaired) electrons. The number of hydrogen-bond acceptors (Lipinski definition) is 2. The molecule has 3 atom stereocenters. The van der Waals surface area contributed by atoms with Crippen molar-refractivity contribution in [2.75, 3.05) is 19.6 Å². The lowest BCUT2D eigenvalue weighted by Gasteiger charge is -2.41. The van der Waals surface area contributed by atoms with Crippen LogP contribution in [0.1, 0.15) is 32.6 Å². The van der Waals surface area contributed by atoms with Crippen molar-refractivity contribution in [1.29, 1.82) is 0 Å². The highest BCUT2D eigenvalue weighted by atomic mass is 19.4. The van der Waals surface area contributed by atoms with E-state index in [1.807, 2.05) is 4.90 Å². The van der Waals surface area contributed by atoms with Crippen LogP contribution in [0.25, 0.3) is 0 Å². The Labute approximate surface area is 101 Å². The Balaban J connectivity index is 1.89. The maximum Gasteiger partial charge on any atom is 0.393 e. The van der Waals surface area contributed by atoms with Crippen LogP contribution in [-0.4, -0.2) is 42.8 Å². The fourth-order valence-corrected chi connectivity index (χ4v) is 2.90. The van der Waals surface area contributed by atoms with Crippen molar-refractivity contribution < 1.29 is 13.2 Å². The molecule has 2 rings (SSSR count). The van der Waals surface area contributed by atoms with Gasteiger partial charge in [0.15, 0.2) is 0 Å². The molecule has 5 heteroatoms. The lowest BCUT2D eigenvalue weighted by molar-refractivity contribution is -0.188. The molecule has 17 heavy (non-hydrogen) atoms. The highest BCUT2D eigenvalue weighted by Gasteiger charge is 2.43. The van der Waals surface area contributed by atoms with Gasteiger partial charge in [-0.25, -0.2) is 0 Å². The van der Waals surface area contributed by atoms with E-state index in [0.29, 0.717) is 24.9 Å². The first-order chi connectivity index (χ1) is 7.97. The lowest BCUT2D eigenvalue weighted by Crippen LogP contribution is -2.53. The number of hydrogen-bond donors (Lipinski definition) is 1. The second kappa shape index (κ2) is 5.14.